The van der Waals surface area contributed by atoms with Gasteiger partial charge in [0.05, 0.1) is 0 Å². The molecule has 0 spiro atoms. The Labute approximate surface area is 110 Å². The molecule has 0 aromatic heterocycles. The van der Waals surface area contributed by atoms with Gasteiger partial charge in [-0.3, -0.25) is 4.79 Å². The maximum absolute atomic E-state index is 12.5. The molecule has 98 valence electrons. The van der Waals surface area contributed by atoms with Crippen molar-refractivity contribution in [2.24, 2.45) is 23.2 Å². The fourth-order valence-electron chi connectivity index (χ4n) is 4.94. The molecule has 0 aromatic rings. The van der Waals surface area contributed by atoms with Gasteiger partial charge in [-0.15, -0.1) is 11.8 Å². The Balaban J connectivity index is 1.63. The molecule has 0 aromatic carbocycles. The van der Waals surface area contributed by atoms with Gasteiger partial charge in [-0.05, 0) is 63.2 Å². The van der Waals surface area contributed by atoms with Crippen LogP contribution in [0.5, 0.6) is 0 Å². The van der Waals surface area contributed by atoms with E-state index in [0.717, 1.165) is 50.0 Å². The van der Waals surface area contributed by atoms with E-state index in [2.05, 4.69) is 17.2 Å². The zero-order chi connectivity index (χ0) is 12.6. The van der Waals surface area contributed by atoms with Crippen molar-refractivity contribution in [1.82, 2.24) is 5.32 Å². The highest BCUT2D eigenvalue weighted by Gasteiger charge is 2.54. The van der Waals surface area contributed by atoms with Gasteiger partial charge in [-0.25, -0.2) is 0 Å². The minimum Gasteiger partial charge on any atom is -0.355 e. The third-order valence-electron chi connectivity index (χ3n) is 5.23. The monoisotopic (exact) mass is 245 g/mol. The molecule has 2 nitrogen and oxygen atoms in total. The molecule has 4 bridgehead atoms. The molecule has 0 heterocycles. The van der Waals surface area contributed by atoms with Crippen LogP contribution < -0.4 is 5.32 Å². The fraction of sp³-hybridized carbons (Fsp3) is 0.812. The van der Waals surface area contributed by atoms with Crippen LogP contribution >= 0.6 is 0 Å². The van der Waals surface area contributed by atoms with Crippen molar-refractivity contribution in [3.05, 3.63) is 0 Å². The molecule has 0 unspecified atom stereocenters. The van der Waals surface area contributed by atoms with Crippen LogP contribution in [0.4, 0.5) is 0 Å². The van der Waals surface area contributed by atoms with Gasteiger partial charge in [0.2, 0.25) is 5.91 Å². The molecule has 4 fully saturated rings. The minimum atomic E-state index is 0.00833. The summed E-state index contributed by atoms with van der Waals surface area (Å²) in [7, 11) is 0. The van der Waals surface area contributed by atoms with E-state index >= 15 is 0 Å². The summed E-state index contributed by atoms with van der Waals surface area (Å²) in [5.41, 5.74) is 0.00833. The summed E-state index contributed by atoms with van der Waals surface area (Å²) < 4.78 is 0. The number of carbonyl (C=O) groups excluding carboxylic acids is 1. The Bertz CT molecular complexity index is 366. The Morgan fingerprint density at radius 2 is 1.72 bits per heavy atom. The summed E-state index contributed by atoms with van der Waals surface area (Å²) >= 11 is 0. The molecule has 1 N–H and O–H groups in total. The summed E-state index contributed by atoms with van der Waals surface area (Å²) in [6.07, 6.45) is 8.45. The largest absolute Gasteiger partial charge is 0.355 e. The van der Waals surface area contributed by atoms with E-state index < -0.39 is 0 Å². The minimum absolute atomic E-state index is 0.00833. The lowest BCUT2D eigenvalue weighted by molar-refractivity contribution is -0.146. The molecular weight excluding hydrogens is 222 g/mol. The molecule has 0 radical (unpaired) electrons. The molecule has 0 atom stereocenters. The quantitative estimate of drug-likeness (QED) is 0.601. The first kappa shape index (κ1) is 12.1. The predicted molar refractivity (Wildman–Crippen MR) is 71.7 cm³/mol. The zero-order valence-corrected chi connectivity index (χ0v) is 11.3. The van der Waals surface area contributed by atoms with Crippen molar-refractivity contribution in [3.8, 4) is 11.8 Å². The number of carbonyl (C=O) groups is 1. The van der Waals surface area contributed by atoms with E-state index in [9.17, 15) is 4.79 Å². The Hall–Kier alpha value is -0.970. The number of hydrogen-bond acceptors (Lipinski definition) is 1. The Morgan fingerprint density at radius 3 is 2.22 bits per heavy atom. The number of nitrogens with one attached hydrogen (secondary N) is 1. The summed E-state index contributed by atoms with van der Waals surface area (Å²) in [5, 5.41) is 3.13. The maximum Gasteiger partial charge on any atom is 0.226 e. The van der Waals surface area contributed by atoms with Crippen LogP contribution in [0, 0.1) is 35.0 Å². The highest BCUT2D eigenvalue weighted by molar-refractivity contribution is 5.83. The van der Waals surface area contributed by atoms with Gasteiger partial charge in [0.1, 0.15) is 0 Å². The second-order valence-corrected chi connectivity index (χ2v) is 6.63. The average Bonchev–Trinajstić information content (AvgIpc) is 2.32. The summed E-state index contributed by atoms with van der Waals surface area (Å²) in [6, 6.07) is 0. The molecule has 4 rings (SSSR count). The van der Waals surface area contributed by atoms with Crippen molar-refractivity contribution < 1.29 is 4.79 Å². The second-order valence-electron chi connectivity index (χ2n) is 6.63. The molecule has 2 heteroatoms. The third-order valence-corrected chi connectivity index (χ3v) is 5.23. The highest BCUT2D eigenvalue weighted by atomic mass is 16.2. The zero-order valence-electron chi connectivity index (χ0n) is 11.3. The highest BCUT2D eigenvalue weighted by Crippen LogP contribution is 2.60. The van der Waals surface area contributed by atoms with E-state index in [4.69, 9.17) is 0 Å². The van der Waals surface area contributed by atoms with Crippen LogP contribution in [-0.4, -0.2) is 12.5 Å². The molecule has 18 heavy (non-hydrogen) atoms. The van der Waals surface area contributed by atoms with Crippen molar-refractivity contribution in [3.63, 3.8) is 0 Å². The first-order valence-corrected chi connectivity index (χ1v) is 7.40. The number of hydrogen-bond donors (Lipinski definition) is 1. The van der Waals surface area contributed by atoms with Crippen LogP contribution in [0.3, 0.4) is 0 Å². The molecular formula is C16H23NO. The van der Waals surface area contributed by atoms with E-state index in [1.54, 1.807) is 0 Å². The standard InChI is InChI=1S/C16H23NO/c1-2-3-4-5-17-15(18)16-9-12-6-13(10-16)8-14(7-12)11-16/h12-14H,4-11H2,1H3,(H,17,18). The predicted octanol–water partition coefficient (Wildman–Crippen LogP) is 2.73. The van der Waals surface area contributed by atoms with E-state index in [0.29, 0.717) is 5.91 Å². The van der Waals surface area contributed by atoms with Crippen LogP contribution in [0.1, 0.15) is 51.9 Å². The lowest BCUT2D eigenvalue weighted by Crippen LogP contribution is -2.53. The van der Waals surface area contributed by atoms with Crippen molar-refractivity contribution in [2.45, 2.75) is 51.9 Å². The molecule has 4 aliphatic carbocycles. The average molecular weight is 245 g/mol. The SMILES string of the molecule is CC#CCCNC(=O)C12CC3CC(CC(C3)C1)C2. The molecule has 1 amide bonds. The van der Waals surface area contributed by atoms with Gasteiger partial charge in [-0.1, -0.05) is 0 Å². The second kappa shape index (κ2) is 4.61. The van der Waals surface area contributed by atoms with Gasteiger partial charge in [0.25, 0.3) is 0 Å². The normalized spacial score (nSPS) is 40.2. The summed E-state index contributed by atoms with van der Waals surface area (Å²) in [4.78, 5) is 12.5. The van der Waals surface area contributed by atoms with E-state index in [1.165, 1.54) is 19.3 Å². The first-order valence-electron chi connectivity index (χ1n) is 7.40. The van der Waals surface area contributed by atoms with Gasteiger partial charge >= 0.3 is 0 Å². The number of amides is 1. The topological polar surface area (TPSA) is 29.1 Å². The third kappa shape index (κ3) is 2.05. The van der Waals surface area contributed by atoms with Gasteiger partial charge in [0, 0.05) is 18.4 Å². The van der Waals surface area contributed by atoms with E-state index in [-0.39, 0.29) is 5.41 Å². The Morgan fingerprint density at radius 1 is 1.17 bits per heavy atom. The first-order chi connectivity index (χ1) is 8.72. The lowest BCUT2D eigenvalue weighted by atomic mass is 9.49. The van der Waals surface area contributed by atoms with Crippen LogP contribution in [0.15, 0.2) is 0 Å². The summed E-state index contributed by atoms with van der Waals surface area (Å²) in [5.74, 6) is 8.76. The smallest absolute Gasteiger partial charge is 0.226 e. The molecule has 0 aliphatic heterocycles. The Kier molecular flexibility index (Phi) is 3.09. The summed E-state index contributed by atoms with van der Waals surface area (Å²) in [6.45, 7) is 2.57. The van der Waals surface area contributed by atoms with Crippen LogP contribution in [-0.2, 0) is 4.79 Å². The fourth-order valence-corrected chi connectivity index (χ4v) is 4.94. The van der Waals surface area contributed by atoms with Gasteiger partial charge in [-0.2, -0.15) is 0 Å². The molecule has 4 aliphatic rings. The lowest BCUT2D eigenvalue weighted by Gasteiger charge is -2.55. The maximum atomic E-state index is 12.5. The van der Waals surface area contributed by atoms with Crippen molar-refractivity contribution >= 4 is 5.91 Å². The van der Waals surface area contributed by atoms with Crippen molar-refractivity contribution in [2.75, 3.05) is 6.54 Å². The molecule has 0 saturated heterocycles. The van der Waals surface area contributed by atoms with Crippen molar-refractivity contribution in [1.29, 1.82) is 0 Å². The van der Waals surface area contributed by atoms with Crippen LogP contribution in [0.25, 0.3) is 0 Å². The molecule has 4 saturated carbocycles. The van der Waals surface area contributed by atoms with Crippen LogP contribution in [0.2, 0.25) is 0 Å². The van der Waals surface area contributed by atoms with Gasteiger partial charge in [0.15, 0.2) is 0 Å². The number of rotatable bonds is 3. The van der Waals surface area contributed by atoms with Gasteiger partial charge < -0.3 is 5.32 Å². The van der Waals surface area contributed by atoms with E-state index in [1.807, 2.05) is 6.92 Å².